The number of rotatable bonds is 6. The first kappa shape index (κ1) is 17.2. The van der Waals surface area contributed by atoms with Crippen LogP contribution in [0, 0.1) is 11.6 Å². The molecule has 1 aromatic heterocycles. The van der Waals surface area contributed by atoms with Gasteiger partial charge in [-0.2, -0.15) is 0 Å². The summed E-state index contributed by atoms with van der Waals surface area (Å²) in [4.78, 5) is 4.02. The first-order chi connectivity index (χ1) is 11.6. The van der Waals surface area contributed by atoms with Gasteiger partial charge in [0.1, 0.15) is 0 Å². The summed E-state index contributed by atoms with van der Waals surface area (Å²) in [6.45, 7) is 0.621. The molecule has 0 aliphatic heterocycles. The van der Waals surface area contributed by atoms with E-state index in [1.807, 2.05) is 35.0 Å². The quantitative estimate of drug-likeness (QED) is 0.548. The summed E-state index contributed by atoms with van der Waals surface area (Å²) in [5, 5.41) is 1.55. The molecule has 2 aromatic carbocycles. The fraction of sp³-hybridized carbons (Fsp3) is 0.167. The molecule has 0 aliphatic carbocycles. The van der Waals surface area contributed by atoms with Crippen molar-refractivity contribution in [3.8, 4) is 0 Å². The zero-order valence-corrected chi connectivity index (χ0v) is 15.2. The zero-order valence-electron chi connectivity index (χ0n) is 12.7. The Kier molecular flexibility index (Phi) is 5.67. The van der Waals surface area contributed by atoms with Gasteiger partial charge in [-0.05, 0) is 0 Å². The maximum absolute atomic E-state index is 14.2. The summed E-state index contributed by atoms with van der Waals surface area (Å²) in [6.07, 6.45) is 5.27. The number of nitrogens with zero attached hydrogens (tertiary/aromatic N) is 2. The molecule has 1 heterocycles. The van der Waals surface area contributed by atoms with Gasteiger partial charge in [0.05, 0.1) is 0 Å². The predicted octanol–water partition coefficient (Wildman–Crippen LogP) is 4.46. The number of benzene rings is 2. The van der Waals surface area contributed by atoms with E-state index in [0.29, 0.717) is 17.1 Å². The third-order valence-corrected chi connectivity index (χ3v) is 6.60. The number of imidazole rings is 1. The molecule has 1 unspecified atom stereocenters. The van der Waals surface area contributed by atoms with Crippen LogP contribution in [0.1, 0.15) is 15.9 Å². The average Bonchev–Trinajstić information content (AvgIpc) is 3.06. The van der Waals surface area contributed by atoms with E-state index in [-0.39, 0.29) is 19.8 Å². The van der Waals surface area contributed by atoms with Gasteiger partial charge in [-0.25, -0.2) is 0 Å². The van der Waals surface area contributed by atoms with Crippen molar-refractivity contribution < 1.29 is 8.78 Å². The van der Waals surface area contributed by atoms with E-state index in [4.69, 9.17) is 11.6 Å². The Labute approximate surface area is 150 Å². The van der Waals surface area contributed by atoms with E-state index >= 15 is 0 Å². The summed E-state index contributed by atoms with van der Waals surface area (Å²) in [5.74, 6) is -1.04. The van der Waals surface area contributed by atoms with Gasteiger partial charge in [0.2, 0.25) is 0 Å². The maximum atomic E-state index is 14.2. The van der Waals surface area contributed by atoms with Crippen molar-refractivity contribution in [2.24, 2.45) is 0 Å². The second kappa shape index (κ2) is 7.93. The van der Waals surface area contributed by atoms with E-state index in [2.05, 4.69) is 4.98 Å². The van der Waals surface area contributed by atoms with Crippen LogP contribution in [0.25, 0.3) is 0 Å². The molecule has 0 N–H and O–H groups in total. The van der Waals surface area contributed by atoms with Crippen LogP contribution < -0.4 is 0 Å². The molecule has 0 bridgehead atoms. The standard InChI is InChI=1S/C18H15ClF2N2Se/c19-14-3-1-13(2-4-14)11-24-18(10-23-8-7-22-12-23)16-6-5-15(20)9-17(16)21/h1-9,12,18H,10-11H2. The molecule has 24 heavy (non-hydrogen) atoms. The van der Waals surface area contributed by atoms with Gasteiger partial charge in [0, 0.05) is 0 Å². The fourth-order valence-corrected chi connectivity index (χ4v) is 5.08. The first-order valence-corrected chi connectivity index (χ1v) is 9.96. The molecule has 0 fully saturated rings. The molecule has 3 rings (SSSR count). The van der Waals surface area contributed by atoms with Crippen LogP contribution in [0.3, 0.4) is 0 Å². The Bertz CT molecular complexity index is 791. The van der Waals surface area contributed by atoms with Gasteiger partial charge >= 0.3 is 151 Å². The molecular formula is C18H15ClF2N2Se. The van der Waals surface area contributed by atoms with Gasteiger partial charge in [-0.1, -0.05) is 0 Å². The number of hydrogen-bond donors (Lipinski definition) is 0. The number of hydrogen-bond acceptors (Lipinski definition) is 1. The molecule has 3 aromatic rings. The molecule has 1 atom stereocenters. The van der Waals surface area contributed by atoms with Gasteiger partial charge < -0.3 is 0 Å². The minimum absolute atomic E-state index is 0.0111. The van der Waals surface area contributed by atoms with Crippen LogP contribution >= 0.6 is 11.6 Å². The zero-order chi connectivity index (χ0) is 16.9. The molecule has 6 heteroatoms. The summed E-state index contributed by atoms with van der Waals surface area (Å²) in [6, 6.07) is 11.5. The Morgan fingerprint density at radius 2 is 1.92 bits per heavy atom. The number of aromatic nitrogens is 2. The molecular weight excluding hydrogens is 397 g/mol. The third-order valence-electron chi connectivity index (χ3n) is 3.61. The minimum atomic E-state index is -0.553. The van der Waals surface area contributed by atoms with E-state index in [9.17, 15) is 8.78 Å². The van der Waals surface area contributed by atoms with Crippen LogP contribution in [0.4, 0.5) is 8.78 Å². The molecule has 0 spiro atoms. The second-order valence-corrected chi connectivity index (χ2v) is 8.29. The molecule has 0 saturated carbocycles. The van der Waals surface area contributed by atoms with Crippen LogP contribution in [-0.2, 0) is 11.9 Å². The van der Waals surface area contributed by atoms with Gasteiger partial charge in [0.15, 0.2) is 0 Å². The van der Waals surface area contributed by atoms with E-state index in [1.54, 1.807) is 18.6 Å². The first-order valence-electron chi connectivity index (χ1n) is 7.38. The summed E-state index contributed by atoms with van der Waals surface area (Å²) < 4.78 is 29.4. The Morgan fingerprint density at radius 3 is 2.58 bits per heavy atom. The van der Waals surface area contributed by atoms with Crippen molar-refractivity contribution >= 4 is 26.6 Å². The van der Waals surface area contributed by atoms with Gasteiger partial charge in [-0.3, -0.25) is 0 Å². The molecule has 124 valence electrons. The predicted molar refractivity (Wildman–Crippen MR) is 92.2 cm³/mol. The Hall–Kier alpha value is -1.68. The molecule has 0 aliphatic rings. The Balaban J connectivity index is 1.80. The summed E-state index contributed by atoms with van der Waals surface area (Å²) in [5.41, 5.74) is 1.72. The van der Waals surface area contributed by atoms with Gasteiger partial charge in [0.25, 0.3) is 0 Å². The van der Waals surface area contributed by atoms with E-state index in [1.165, 1.54) is 6.07 Å². The van der Waals surface area contributed by atoms with Crippen LogP contribution in [0.15, 0.2) is 61.2 Å². The molecule has 0 saturated heterocycles. The van der Waals surface area contributed by atoms with E-state index in [0.717, 1.165) is 16.9 Å². The summed E-state index contributed by atoms with van der Waals surface area (Å²) in [7, 11) is 0. The average molecular weight is 412 g/mol. The van der Waals surface area contributed by atoms with Gasteiger partial charge in [-0.15, -0.1) is 0 Å². The molecule has 0 radical (unpaired) electrons. The van der Waals surface area contributed by atoms with Crippen molar-refractivity contribution in [2.45, 2.75) is 16.7 Å². The van der Waals surface area contributed by atoms with Crippen LogP contribution in [-0.4, -0.2) is 24.5 Å². The molecule has 0 amide bonds. The fourth-order valence-electron chi connectivity index (χ4n) is 2.37. The third kappa shape index (κ3) is 4.44. The van der Waals surface area contributed by atoms with Crippen molar-refractivity contribution in [2.75, 3.05) is 0 Å². The molecule has 2 nitrogen and oxygen atoms in total. The monoisotopic (exact) mass is 412 g/mol. The van der Waals surface area contributed by atoms with Crippen LogP contribution in [0.5, 0.6) is 0 Å². The van der Waals surface area contributed by atoms with Crippen molar-refractivity contribution in [1.82, 2.24) is 9.55 Å². The normalized spacial score (nSPS) is 12.3. The SMILES string of the molecule is Fc1ccc(C(Cn2ccnc2)[Se]Cc2ccc(Cl)cc2)c(F)c1. The summed E-state index contributed by atoms with van der Waals surface area (Å²) >= 11 is 6.00. The second-order valence-electron chi connectivity index (χ2n) is 5.35. The number of halogens is 3. The van der Waals surface area contributed by atoms with Crippen LogP contribution in [0.2, 0.25) is 5.02 Å². The van der Waals surface area contributed by atoms with Crippen molar-refractivity contribution in [3.63, 3.8) is 0 Å². The topological polar surface area (TPSA) is 17.8 Å². The van der Waals surface area contributed by atoms with E-state index < -0.39 is 11.6 Å². The van der Waals surface area contributed by atoms with Crippen molar-refractivity contribution in [1.29, 1.82) is 0 Å². The Morgan fingerprint density at radius 1 is 1.12 bits per heavy atom. The van der Waals surface area contributed by atoms with Crippen molar-refractivity contribution in [3.05, 3.63) is 89.0 Å².